The second-order valence-electron chi connectivity index (χ2n) is 3.71. The number of halogens is 3. The van der Waals surface area contributed by atoms with E-state index in [2.05, 4.69) is 0 Å². The van der Waals surface area contributed by atoms with Crippen LogP contribution in [0.15, 0.2) is 30.3 Å². The van der Waals surface area contributed by atoms with Crippen LogP contribution in [0.3, 0.4) is 0 Å². The van der Waals surface area contributed by atoms with Crippen LogP contribution in [-0.4, -0.2) is 11.1 Å². The van der Waals surface area contributed by atoms with E-state index in [1.807, 2.05) is 0 Å². The van der Waals surface area contributed by atoms with E-state index >= 15 is 0 Å². The molecule has 2 aromatic rings. The van der Waals surface area contributed by atoms with Gasteiger partial charge in [-0.15, -0.1) is 0 Å². The molecule has 3 nitrogen and oxygen atoms in total. The highest BCUT2D eigenvalue weighted by atomic mass is 19.4. The van der Waals surface area contributed by atoms with E-state index in [1.54, 1.807) is 0 Å². The van der Waals surface area contributed by atoms with Crippen LogP contribution in [0.5, 0.6) is 5.75 Å². The molecule has 1 N–H and O–H groups in total. The molecule has 2 rings (SSSR count). The molecule has 0 amide bonds. The van der Waals surface area contributed by atoms with E-state index in [0.29, 0.717) is 0 Å². The van der Waals surface area contributed by atoms with Gasteiger partial charge >= 0.3 is 12.1 Å². The second-order valence-corrected chi connectivity index (χ2v) is 3.71. The molecule has 0 aliphatic rings. The maximum Gasteiger partial charge on any atom is 0.416 e. The third kappa shape index (κ3) is 2.09. The number of rotatable bonds is 1. The molecule has 2 aromatic carbocycles. The number of carboxylic acid groups (broad SMARTS) is 1. The molecule has 0 aliphatic heterocycles. The van der Waals surface area contributed by atoms with Crippen LogP contribution in [0, 0.1) is 0 Å². The summed E-state index contributed by atoms with van der Waals surface area (Å²) in [5.41, 5.74) is -1.33. The summed E-state index contributed by atoms with van der Waals surface area (Å²) >= 11 is 0. The largest absolute Gasteiger partial charge is 0.872 e. The molecule has 0 bridgehead atoms. The minimum Gasteiger partial charge on any atom is -0.872 e. The predicted octanol–water partition coefficient (Wildman–Crippen LogP) is 2.63. The Bertz CT molecular complexity index is 632. The zero-order valence-electron chi connectivity index (χ0n) is 8.78. The Hall–Kier alpha value is -2.24. The van der Waals surface area contributed by atoms with Gasteiger partial charge in [0.1, 0.15) is 0 Å². The number of aromatic carboxylic acids is 1. The average Bonchev–Trinajstić information content (AvgIpc) is 2.25. The van der Waals surface area contributed by atoms with Crippen molar-refractivity contribution in [3.8, 4) is 5.75 Å². The van der Waals surface area contributed by atoms with Crippen molar-refractivity contribution in [2.45, 2.75) is 6.18 Å². The normalized spacial score (nSPS) is 11.7. The van der Waals surface area contributed by atoms with E-state index in [-0.39, 0.29) is 10.8 Å². The van der Waals surface area contributed by atoms with Crippen LogP contribution in [0.4, 0.5) is 13.2 Å². The SMILES string of the molecule is O=C(O)c1cc2ccc(C(F)(F)F)cc2cc1[O-]. The van der Waals surface area contributed by atoms with Gasteiger partial charge in [-0.2, -0.15) is 13.2 Å². The van der Waals surface area contributed by atoms with Crippen molar-refractivity contribution in [1.82, 2.24) is 0 Å². The molecule has 0 spiro atoms. The van der Waals surface area contributed by atoms with Crippen molar-refractivity contribution in [3.05, 3.63) is 41.5 Å². The Morgan fingerprint density at radius 2 is 1.78 bits per heavy atom. The van der Waals surface area contributed by atoms with Crippen molar-refractivity contribution < 1.29 is 28.2 Å². The Balaban J connectivity index is 2.67. The summed E-state index contributed by atoms with van der Waals surface area (Å²) in [6.45, 7) is 0. The fourth-order valence-corrected chi connectivity index (χ4v) is 1.62. The van der Waals surface area contributed by atoms with Gasteiger partial charge in [0.25, 0.3) is 0 Å². The maximum atomic E-state index is 12.5. The van der Waals surface area contributed by atoms with Gasteiger partial charge in [0.15, 0.2) is 0 Å². The fraction of sp³-hybridized carbons (Fsp3) is 0.0833. The minimum atomic E-state index is -4.50. The lowest BCUT2D eigenvalue weighted by molar-refractivity contribution is -0.268. The molecular weight excluding hydrogens is 249 g/mol. The Labute approximate surface area is 99.1 Å². The van der Waals surface area contributed by atoms with Gasteiger partial charge in [0.05, 0.1) is 11.1 Å². The van der Waals surface area contributed by atoms with E-state index in [9.17, 15) is 23.1 Å². The van der Waals surface area contributed by atoms with Crippen molar-refractivity contribution in [2.24, 2.45) is 0 Å². The first-order chi connectivity index (χ1) is 8.29. The fourth-order valence-electron chi connectivity index (χ4n) is 1.62. The average molecular weight is 255 g/mol. The summed E-state index contributed by atoms with van der Waals surface area (Å²) in [6, 6.07) is 4.78. The second kappa shape index (κ2) is 3.90. The third-order valence-corrected chi connectivity index (χ3v) is 2.50. The molecule has 0 unspecified atom stereocenters. The smallest absolute Gasteiger partial charge is 0.416 e. The predicted molar refractivity (Wildman–Crippen MR) is 55.4 cm³/mol. The highest BCUT2D eigenvalue weighted by Gasteiger charge is 2.30. The van der Waals surface area contributed by atoms with Crippen LogP contribution in [0.2, 0.25) is 0 Å². The summed E-state index contributed by atoms with van der Waals surface area (Å²) in [5.74, 6) is -2.21. The molecule has 0 fully saturated rings. The van der Waals surface area contributed by atoms with Gasteiger partial charge in [0, 0.05) is 0 Å². The minimum absolute atomic E-state index is 0.0693. The first-order valence-electron chi connectivity index (χ1n) is 4.84. The molecule has 0 saturated heterocycles. The molecule has 0 aliphatic carbocycles. The number of hydrogen-bond donors (Lipinski definition) is 1. The van der Waals surface area contributed by atoms with Gasteiger partial charge in [-0.25, -0.2) is 4.79 Å². The standard InChI is InChI=1S/C12H7F3O3/c13-12(14,15)8-2-1-6-4-9(11(17)18)10(16)5-7(6)3-8/h1-5,16H,(H,17,18)/p-1. The van der Waals surface area contributed by atoms with Gasteiger partial charge in [-0.3, -0.25) is 0 Å². The van der Waals surface area contributed by atoms with Crippen LogP contribution in [-0.2, 0) is 6.18 Å². The van der Waals surface area contributed by atoms with Crippen LogP contribution < -0.4 is 5.11 Å². The molecule has 0 atom stereocenters. The first-order valence-corrected chi connectivity index (χ1v) is 4.84. The van der Waals surface area contributed by atoms with Gasteiger partial charge < -0.3 is 10.2 Å². The van der Waals surface area contributed by atoms with Crippen molar-refractivity contribution in [3.63, 3.8) is 0 Å². The molecule has 0 radical (unpaired) electrons. The molecule has 6 heteroatoms. The molecule has 94 valence electrons. The molecular formula is C12H6F3O3-. The number of hydrogen-bond acceptors (Lipinski definition) is 2. The number of carboxylic acids is 1. The molecule has 0 heterocycles. The summed E-state index contributed by atoms with van der Waals surface area (Å²) in [7, 11) is 0. The molecule has 18 heavy (non-hydrogen) atoms. The highest BCUT2D eigenvalue weighted by molar-refractivity contribution is 5.97. The first kappa shape index (κ1) is 12.2. The van der Waals surface area contributed by atoms with Gasteiger partial charge in [-0.1, -0.05) is 17.9 Å². The lowest BCUT2D eigenvalue weighted by Crippen LogP contribution is -2.06. The maximum absolute atomic E-state index is 12.5. The summed E-state index contributed by atoms with van der Waals surface area (Å²) < 4.78 is 37.4. The lowest BCUT2D eigenvalue weighted by atomic mass is 10.0. The summed E-state index contributed by atoms with van der Waals surface area (Å²) in [4.78, 5) is 10.7. The third-order valence-electron chi connectivity index (χ3n) is 2.50. The van der Waals surface area contributed by atoms with Crippen LogP contribution >= 0.6 is 0 Å². The number of carbonyl (C=O) groups is 1. The lowest BCUT2D eigenvalue weighted by Gasteiger charge is -2.13. The number of benzene rings is 2. The summed E-state index contributed by atoms with van der Waals surface area (Å²) in [5, 5.41) is 20.4. The Morgan fingerprint density at radius 3 is 2.33 bits per heavy atom. The van der Waals surface area contributed by atoms with Crippen molar-refractivity contribution in [2.75, 3.05) is 0 Å². The van der Waals surface area contributed by atoms with E-state index in [0.717, 1.165) is 30.3 Å². The Kier molecular flexibility index (Phi) is 2.65. The highest BCUT2D eigenvalue weighted by Crippen LogP contribution is 2.32. The van der Waals surface area contributed by atoms with Crippen molar-refractivity contribution >= 4 is 16.7 Å². The Morgan fingerprint density at radius 1 is 1.11 bits per heavy atom. The quantitative estimate of drug-likeness (QED) is 0.852. The van der Waals surface area contributed by atoms with Crippen molar-refractivity contribution in [1.29, 1.82) is 0 Å². The van der Waals surface area contributed by atoms with Crippen LogP contribution in [0.1, 0.15) is 15.9 Å². The number of alkyl halides is 3. The van der Waals surface area contributed by atoms with E-state index < -0.39 is 29.0 Å². The topological polar surface area (TPSA) is 60.4 Å². The zero-order valence-corrected chi connectivity index (χ0v) is 8.78. The van der Waals surface area contributed by atoms with Crippen LogP contribution in [0.25, 0.3) is 10.8 Å². The van der Waals surface area contributed by atoms with Gasteiger partial charge in [-0.05, 0) is 29.0 Å². The van der Waals surface area contributed by atoms with Gasteiger partial charge in [0.2, 0.25) is 0 Å². The van der Waals surface area contributed by atoms with E-state index in [4.69, 9.17) is 5.11 Å². The molecule has 0 aromatic heterocycles. The van der Waals surface area contributed by atoms with E-state index in [1.165, 1.54) is 0 Å². The molecule has 0 saturated carbocycles. The number of fused-ring (bicyclic) bond motifs is 1. The monoisotopic (exact) mass is 255 g/mol. The summed E-state index contributed by atoms with van der Waals surface area (Å²) in [6.07, 6.45) is -4.50. The zero-order chi connectivity index (χ0) is 13.5.